The van der Waals surface area contributed by atoms with E-state index < -0.39 is 6.04 Å². The number of ether oxygens (including phenoxy) is 3. The van der Waals surface area contributed by atoms with Gasteiger partial charge in [-0.15, -0.1) is 0 Å². The minimum absolute atomic E-state index is 0.0374. The normalized spacial score (nSPS) is 14.3. The number of hydrogen-bond acceptors (Lipinski definition) is 5. The van der Waals surface area contributed by atoms with Gasteiger partial charge in [-0.1, -0.05) is 53.4 Å². The van der Waals surface area contributed by atoms with Crippen LogP contribution in [0, 0.1) is 0 Å². The molecule has 0 bridgehead atoms. The number of carbonyl (C=O) groups excluding carboxylic acids is 2. The number of methoxy groups -OCH3 is 3. The summed E-state index contributed by atoms with van der Waals surface area (Å²) in [5.74, 6) is 0.644. The number of fused-ring (bicyclic) bond motifs is 1. The average molecular weight is 635 g/mol. The summed E-state index contributed by atoms with van der Waals surface area (Å²) >= 11 is 3.50. The average Bonchev–Trinajstić information content (AvgIpc) is 3.42. The van der Waals surface area contributed by atoms with Gasteiger partial charge in [-0.05, 0) is 60.9 Å². The summed E-state index contributed by atoms with van der Waals surface area (Å²) in [5.41, 5.74) is 2.88. The van der Waals surface area contributed by atoms with Crippen LogP contribution in [0.3, 0.4) is 0 Å². The van der Waals surface area contributed by atoms with Gasteiger partial charge in [0.2, 0.25) is 17.6 Å². The van der Waals surface area contributed by atoms with Crippen molar-refractivity contribution in [2.24, 2.45) is 0 Å². The standard InChI is InChI=1S/C33H36BrN3O5/c1-40-28-18-17-26(31(41-2)32(28)42-3)30(33(39)36-23-9-5-4-6-10-23)37(24-15-13-22(34)14-16-24)29(38)19-21-20-35-27-12-8-7-11-25(21)27/h7-8,11-18,20,23,30,35H,4-6,9-10,19H2,1-3H3,(H,36,39). The molecule has 1 aliphatic rings. The van der Waals surface area contributed by atoms with Gasteiger partial charge in [0, 0.05) is 38.9 Å². The summed E-state index contributed by atoms with van der Waals surface area (Å²) in [5, 5.41) is 4.23. The molecule has 1 aliphatic carbocycles. The SMILES string of the molecule is COc1ccc(C(C(=O)NC2CCCCC2)N(C(=O)Cc2c[nH]c3ccccc23)c2ccc(Br)cc2)c(OC)c1OC. The lowest BCUT2D eigenvalue weighted by Gasteiger charge is -2.34. The third-order valence-electron chi connectivity index (χ3n) is 7.88. The van der Waals surface area contributed by atoms with E-state index in [0.717, 1.165) is 53.0 Å². The van der Waals surface area contributed by atoms with E-state index in [1.807, 2.05) is 54.7 Å². The van der Waals surface area contributed by atoms with Crippen LogP contribution in [0.25, 0.3) is 10.9 Å². The highest BCUT2D eigenvalue weighted by Crippen LogP contribution is 2.44. The first kappa shape index (κ1) is 29.5. The summed E-state index contributed by atoms with van der Waals surface area (Å²) in [7, 11) is 4.59. The van der Waals surface area contributed by atoms with Gasteiger partial charge in [-0.25, -0.2) is 0 Å². The van der Waals surface area contributed by atoms with E-state index in [2.05, 4.69) is 26.2 Å². The first-order chi connectivity index (χ1) is 20.4. The maximum atomic E-state index is 14.5. The van der Waals surface area contributed by atoms with Gasteiger partial charge in [0.1, 0.15) is 6.04 Å². The second kappa shape index (κ2) is 13.3. The van der Waals surface area contributed by atoms with Gasteiger partial charge < -0.3 is 24.5 Å². The molecular weight excluding hydrogens is 598 g/mol. The van der Waals surface area contributed by atoms with Gasteiger partial charge in [0.05, 0.1) is 27.8 Å². The molecule has 3 aromatic carbocycles. The summed E-state index contributed by atoms with van der Waals surface area (Å²) in [6.07, 6.45) is 7.04. The summed E-state index contributed by atoms with van der Waals surface area (Å²) in [6.45, 7) is 0. The number of H-pyrrole nitrogens is 1. The zero-order chi connectivity index (χ0) is 29.6. The lowest BCUT2D eigenvalue weighted by Crippen LogP contribution is -2.47. The molecule has 8 nitrogen and oxygen atoms in total. The van der Waals surface area contributed by atoms with Crippen LogP contribution >= 0.6 is 15.9 Å². The van der Waals surface area contributed by atoms with Gasteiger partial charge in [0.15, 0.2) is 11.5 Å². The Balaban J connectivity index is 1.65. The Morgan fingerprint density at radius 2 is 1.64 bits per heavy atom. The number of aromatic amines is 1. The molecule has 220 valence electrons. The van der Waals surface area contributed by atoms with E-state index >= 15 is 0 Å². The Hall–Kier alpha value is -3.98. The Labute approximate surface area is 254 Å². The van der Waals surface area contributed by atoms with E-state index in [-0.39, 0.29) is 24.3 Å². The maximum absolute atomic E-state index is 14.5. The molecule has 0 spiro atoms. The molecule has 1 heterocycles. The number of hydrogen-bond donors (Lipinski definition) is 2. The van der Waals surface area contributed by atoms with Crippen LogP contribution in [0.1, 0.15) is 49.3 Å². The molecule has 9 heteroatoms. The van der Waals surface area contributed by atoms with Crippen LogP contribution in [0.5, 0.6) is 17.2 Å². The third kappa shape index (κ3) is 6.11. The molecule has 42 heavy (non-hydrogen) atoms. The number of nitrogens with zero attached hydrogens (tertiary/aromatic N) is 1. The lowest BCUT2D eigenvalue weighted by molar-refractivity contribution is -0.127. The molecule has 4 aromatic rings. The Bertz CT molecular complexity index is 1550. The topological polar surface area (TPSA) is 92.9 Å². The Kier molecular flexibility index (Phi) is 9.37. The molecule has 0 saturated heterocycles. The van der Waals surface area contributed by atoms with Crippen LogP contribution in [0.15, 0.2) is 71.3 Å². The van der Waals surface area contributed by atoms with Crippen molar-refractivity contribution < 1.29 is 23.8 Å². The first-order valence-corrected chi connectivity index (χ1v) is 15.0. The molecule has 1 fully saturated rings. The van der Waals surface area contributed by atoms with Gasteiger partial charge in [-0.3, -0.25) is 14.5 Å². The fourth-order valence-electron chi connectivity index (χ4n) is 5.83. The highest BCUT2D eigenvalue weighted by atomic mass is 79.9. The lowest BCUT2D eigenvalue weighted by atomic mass is 9.94. The van der Waals surface area contributed by atoms with Crippen molar-refractivity contribution in [2.45, 2.75) is 50.6 Å². The van der Waals surface area contributed by atoms with Crippen molar-refractivity contribution >= 4 is 44.3 Å². The number of amides is 2. The summed E-state index contributed by atoms with van der Waals surface area (Å²) < 4.78 is 17.9. The summed E-state index contributed by atoms with van der Waals surface area (Å²) in [6, 6.07) is 17.8. The van der Waals surface area contributed by atoms with Gasteiger partial charge in [-0.2, -0.15) is 0 Å². The Morgan fingerprint density at radius 1 is 0.929 bits per heavy atom. The van der Waals surface area contributed by atoms with Crippen LogP contribution < -0.4 is 24.4 Å². The molecular formula is C33H36BrN3O5. The Morgan fingerprint density at radius 3 is 2.33 bits per heavy atom. The molecule has 1 saturated carbocycles. The van der Waals surface area contributed by atoms with E-state index in [1.54, 1.807) is 24.1 Å². The second-order valence-electron chi connectivity index (χ2n) is 10.4. The fraction of sp³-hybridized carbons (Fsp3) is 0.333. The molecule has 1 aromatic heterocycles. The number of aromatic nitrogens is 1. The number of anilines is 1. The highest BCUT2D eigenvalue weighted by Gasteiger charge is 2.37. The van der Waals surface area contributed by atoms with E-state index in [9.17, 15) is 9.59 Å². The zero-order valence-electron chi connectivity index (χ0n) is 24.1. The molecule has 1 atom stereocenters. The predicted octanol–water partition coefficient (Wildman–Crippen LogP) is 6.72. The molecule has 2 N–H and O–H groups in total. The maximum Gasteiger partial charge on any atom is 0.248 e. The van der Waals surface area contributed by atoms with E-state index in [1.165, 1.54) is 14.2 Å². The summed E-state index contributed by atoms with van der Waals surface area (Å²) in [4.78, 5) is 33.7. The predicted molar refractivity (Wildman–Crippen MR) is 167 cm³/mol. The molecule has 5 rings (SSSR count). The molecule has 0 radical (unpaired) electrons. The van der Waals surface area contributed by atoms with Crippen LogP contribution in [0.2, 0.25) is 0 Å². The molecule has 2 amide bonds. The minimum Gasteiger partial charge on any atom is -0.493 e. The van der Waals surface area contributed by atoms with Crippen molar-refractivity contribution in [1.29, 1.82) is 0 Å². The third-order valence-corrected chi connectivity index (χ3v) is 8.41. The van der Waals surface area contributed by atoms with E-state index in [4.69, 9.17) is 14.2 Å². The zero-order valence-corrected chi connectivity index (χ0v) is 25.7. The van der Waals surface area contributed by atoms with Crippen LogP contribution in [-0.4, -0.2) is 44.2 Å². The monoisotopic (exact) mass is 633 g/mol. The minimum atomic E-state index is -1.04. The molecule has 0 aliphatic heterocycles. The number of halogens is 1. The molecule has 1 unspecified atom stereocenters. The largest absolute Gasteiger partial charge is 0.493 e. The number of rotatable bonds is 10. The number of carbonyl (C=O) groups is 2. The number of nitrogens with one attached hydrogen (secondary N) is 2. The smallest absolute Gasteiger partial charge is 0.248 e. The number of benzene rings is 3. The van der Waals surface area contributed by atoms with Crippen molar-refractivity contribution in [3.8, 4) is 17.2 Å². The van der Waals surface area contributed by atoms with E-state index in [0.29, 0.717) is 28.5 Å². The van der Waals surface area contributed by atoms with Crippen LogP contribution in [-0.2, 0) is 16.0 Å². The van der Waals surface area contributed by atoms with Crippen molar-refractivity contribution in [1.82, 2.24) is 10.3 Å². The van der Waals surface area contributed by atoms with Crippen molar-refractivity contribution in [3.63, 3.8) is 0 Å². The van der Waals surface area contributed by atoms with Crippen LogP contribution in [0.4, 0.5) is 5.69 Å². The number of para-hydroxylation sites is 1. The van der Waals surface area contributed by atoms with Crippen molar-refractivity contribution in [3.05, 3.63) is 82.5 Å². The van der Waals surface area contributed by atoms with Crippen molar-refractivity contribution in [2.75, 3.05) is 26.2 Å². The quantitative estimate of drug-likeness (QED) is 0.202. The first-order valence-electron chi connectivity index (χ1n) is 14.2. The van der Waals surface area contributed by atoms with Gasteiger partial charge >= 0.3 is 0 Å². The second-order valence-corrected chi connectivity index (χ2v) is 11.4. The fourth-order valence-corrected chi connectivity index (χ4v) is 6.09. The highest BCUT2D eigenvalue weighted by molar-refractivity contribution is 9.10. The van der Waals surface area contributed by atoms with Gasteiger partial charge in [0.25, 0.3) is 0 Å².